The molecule has 0 bridgehead atoms. The molecular weight excluding hydrogens is 235 g/mol. The van der Waals surface area contributed by atoms with Crippen molar-refractivity contribution in [2.75, 3.05) is 5.75 Å². The van der Waals surface area contributed by atoms with Crippen LogP contribution < -0.4 is 5.32 Å². The van der Waals surface area contributed by atoms with E-state index in [1.807, 2.05) is 0 Å². The summed E-state index contributed by atoms with van der Waals surface area (Å²) >= 11 is 1.77. The lowest BCUT2D eigenvalue weighted by Gasteiger charge is -2.13. The van der Waals surface area contributed by atoms with Gasteiger partial charge in [0.05, 0.1) is 6.54 Å². The minimum Gasteiger partial charge on any atom is -0.361 e. The highest BCUT2D eigenvalue weighted by Crippen LogP contribution is 2.19. The van der Waals surface area contributed by atoms with Crippen LogP contribution in [0.4, 0.5) is 4.39 Å². The molecule has 1 aromatic carbocycles. The third-order valence-electron chi connectivity index (χ3n) is 2.83. The molecule has 0 aliphatic carbocycles. The Morgan fingerprint density at radius 1 is 1.41 bits per heavy atom. The Labute approximate surface area is 106 Å². The Balaban J connectivity index is 1.91. The normalized spacial score (nSPS) is 22.1. The SMILES string of the molecule is CC(C)C1CSC(=NCc2ccc(F)cc2)N1. The Kier molecular flexibility index (Phi) is 4.05. The molecule has 1 N–H and O–H groups in total. The van der Waals surface area contributed by atoms with E-state index >= 15 is 0 Å². The molecule has 0 radical (unpaired) electrons. The van der Waals surface area contributed by atoms with E-state index in [0.717, 1.165) is 16.5 Å². The predicted octanol–water partition coefficient (Wildman–Crippen LogP) is 3.04. The number of nitrogens with zero attached hydrogens (tertiary/aromatic N) is 1. The quantitative estimate of drug-likeness (QED) is 0.894. The lowest BCUT2D eigenvalue weighted by atomic mass is 10.1. The number of aliphatic imine (C=N–C) groups is 1. The number of halogens is 1. The zero-order valence-corrected chi connectivity index (χ0v) is 10.9. The first-order chi connectivity index (χ1) is 8.15. The van der Waals surface area contributed by atoms with Crippen molar-refractivity contribution >= 4 is 16.9 Å². The molecule has 0 saturated carbocycles. The number of nitrogens with one attached hydrogen (secondary N) is 1. The number of hydrogen-bond donors (Lipinski definition) is 1. The monoisotopic (exact) mass is 252 g/mol. The van der Waals surface area contributed by atoms with Gasteiger partial charge in [-0.05, 0) is 23.6 Å². The first-order valence-electron chi connectivity index (χ1n) is 5.83. The number of rotatable bonds is 3. The van der Waals surface area contributed by atoms with Crippen LogP contribution in [0.25, 0.3) is 0 Å². The molecule has 92 valence electrons. The fourth-order valence-electron chi connectivity index (χ4n) is 1.61. The van der Waals surface area contributed by atoms with Crippen LogP contribution in [0.5, 0.6) is 0 Å². The van der Waals surface area contributed by atoms with Gasteiger partial charge in [0.2, 0.25) is 0 Å². The summed E-state index contributed by atoms with van der Waals surface area (Å²) in [7, 11) is 0. The summed E-state index contributed by atoms with van der Waals surface area (Å²) in [6, 6.07) is 7.02. The molecule has 0 spiro atoms. The van der Waals surface area contributed by atoms with Gasteiger partial charge in [-0.15, -0.1) is 0 Å². The number of benzene rings is 1. The summed E-state index contributed by atoms with van der Waals surface area (Å²) in [4.78, 5) is 4.50. The third kappa shape index (κ3) is 3.46. The van der Waals surface area contributed by atoms with Crippen LogP contribution in [0.2, 0.25) is 0 Å². The molecule has 1 aliphatic rings. The predicted molar refractivity (Wildman–Crippen MR) is 71.8 cm³/mol. The molecule has 1 saturated heterocycles. The Hall–Kier alpha value is -1.03. The third-order valence-corrected chi connectivity index (χ3v) is 3.88. The molecule has 1 heterocycles. The van der Waals surface area contributed by atoms with Gasteiger partial charge >= 0.3 is 0 Å². The lowest BCUT2D eigenvalue weighted by molar-refractivity contribution is 0.503. The van der Waals surface area contributed by atoms with Gasteiger partial charge in [-0.3, -0.25) is 4.99 Å². The van der Waals surface area contributed by atoms with Crippen molar-refractivity contribution in [1.82, 2.24) is 5.32 Å². The van der Waals surface area contributed by atoms with E-state index in [4.69, 9.17) is 0 Å². The molecule has 2 rings (SSSR count). The van der Waals surface area contributed by atoms with Gasteiger partial charge in [-0.2, -0.15) is 0 Å². The van der Waals surface area contributed by atoms with Crippen LogP contribution >= 0.6 is 11.8 Å². The van der Waals surface area contributed by atoms with Crippen molar-refractivity contribution in [3.05, 3.63) is 35.6 Å². The van der Waals surface area contributed by atoms with E-state index in [-0.39, 0.29) is 5.82 Å². The molecule has 1 fully saturated rings. The summed E-state index contributed by atoms with van der Waals surface area (Å²) < 4.78 is 12.7. The van der Waals surface area contributed by atoms with E-state index in [0.29, 0.717) is 18.5 Å². The summed E-state index contributed by atoms with van der Waals surface area (Å²) in [6.45, 7) is 5.03. The highest BCUT2D eigenvalue weighted by molar-refractivity contribution is 8.14. The van der Waals surface area contributed by atoms with Crippen LogP contribution in [0.3, 0.4) is 0 Å². The van der Waals surface area contributed by atoms with Gasteiger partial charge in [0.25, 0.3) is 0 Å². The van der Waals surface area contributed by atoms with Crippen molar-refractivity contribution in [1.29, 1.82) is 0 Å². The Bertz CT molecular complexity index is 400. The summed E-state index contributed by atoms with van der Waals surface area (Å²) in [5.41, 5.74) is 1.04. The fourth-order valence-corrected chi connectivity index (χ4v) is 2.81. The van der Waals surface area contributed by atoms with E-state index in [1.54, 1.807) is 23.9 Å². The van der Waals surface area contributed by atoms with Crippen molar-refractivity contribution in [3.63, 3.8) is 0 Å². The second kappa shape index (κ2) is 5.54. The lowest BCUT2D eigenvalue weighted by Crippen LogP contribution is -2.31. The van der Waals surface area contributed by atoms with E-state index in [9.17, 15) is 4.39 Å². The summed E-state index contributed by atoms with van der Waals surface area (Å²) in [5, 5.41) is 4.42. The minimum absolute atomic E-state index is 0.199. The van der Waals surface area contributed by atoms with Crippen molar-refractivity contribution in [3.8, 4) is 0 Å². The molecular formula is C13H17FN2S. The van der Waals surface area contributed by atoms with Crippen molar-refractivity contribution in [2.45, 2.75) is 26.4 Å². The molecule has 17 heavy (non-hydrogen) atoms. The van der Waals surface area contributed by atoms with Crippen LogP contribution in [-0.4, -0.2) is 17.0 Å². The fraction of sp³-hybridized carbons (Fsp3) is 0.462. The van der Waals surface area contributed by atoms with E-state index < -0.39 is 0 Å². The van der Waals surface area contributed by atoms with Crippen LogP contribution in [-0.2, 0) is 6.54 Å². The molecule has 4 heteroatoms. The van der Waals surface area contributed by atoms with E-state index in [1.165, 1.54) is 12.1 Å². The second-order valence-corrected chi connectivity index (χ2v) is 5.56. The highest BCUT2D eigenvalue weighted by atomic mass is 32.2. The van der Waals surface area contributed by atoms with Crippen LogP contribution in [0.15, 0.2) is 29.3 Å². The van der Waals surface area contributed by atoms with Crippen molar-refractivity contribution < 1.29 is 4.39 Å². The maximum absolute atomic E-state index is 12.7. The average molecular weight is 252 g/mol. The maximum atomic E-state index is 12.7. The summed E-state index contributed by atoms with van der Waals surface area (Å²) in [5.74, 6) is 1.51. The minimum atomic E-state index is -0.199. The number of thioether (sulfide) groups is 1. The molecule has 1 aromatic rings. The van der Waals surface area contributed by atoms with Gasteiger partial charge < -0.3 is 5.32 Å². The molecule has 1 aliphatic heterocycles. The largest absolute Gasteiger partial charge is 0.361 e. The zero-order valence-electron chi connectivity index (χ0n) is 10.1. The molecule has 1 atom stereocenters. The number of hydrogen-bond acceptors (Lipinski definition) is 2. The maximum Gasteiger partial charge on any atom is 0.157 e. The smallest absolute Gasteiger partial charge is 0.157 e. The number of amidine groups is 1. The standard InChI is InChI=1S/C13H17FN2S/c1-9(2)12-8-17-13(16-12)15-7-10-3-5-11(14)6-4-10/h3-6,9,12H,7-8H2,1-2H3,(H,15,16). The molecule has 0 amide bonds. The van der Waals surface area contributed by atoms with Crippen molar-refractivity contribution in [2.24, 2.45) is 10.9 Å². The van der Waals surface area contributed by atoms with Gasteiger partial charge in [0.15, 0.2) is 5.17 Å². The van der Waals surface area contributed by atoms with Crippen LogP contribution in [0, 0.1) is 11.7 Å². The second-order valence-electron chi connectivity index (χ2n) is 4.55. The zero-order chi connectivity index (χ0) is 12.3. The van der Waals surface area contributed by atoms with Gasteiger partial charge in [-0.1, -0.05) is 37.7 Å². The Morgan fingerprint density at radius 3 is 2.71 bits per heavy atom. The van der Waals surface area contributed by atoms with Gasteiger partial charge in [0, 0.05) is 11.8 Å². The van der Waals surface area contributed by atoms with E-state index in [2.05, 4.69) is 24.2 Å². The highest BCUT2D eigenvalue weighted by Gasteiger charge is 2.22. The molecule has 2 nitrogen and oxygen atoms in total. The summed E-state index contributed by atoms with van der Waals surface area (Å²) in [6.07, 6.45) is 0. The first kappa shape index (κ1) is 12.4. The molecule has 1 unspecified atom stereocenters. The van der Waals surface area contributed by atoms with Gasteiger partial charge in [0.1, 0.15) is 5.82 Å². The van der Waals surface area contributed by atoms with Gasteiger partial charge in [-0.25, -0.2) is 4.39 Å². The Morgan fingerprint density at radius 2 is 2.12 bits per heavy atom. The first-order valence-corrected chi connectivity index (χ1v) is 6.82. The van der Waals surface area contributed by atoms with Crippen LogP contribution in [0.1, 0.15) is 19.4 Å². The topological polar surface area (TPSA) is 24.4 Å². The average Bonchev–Trinajstić information content (AvgIpc) is 2.77. The molecule has 0 aromatic heterocycles.